The first kappa shape index (κ1) is 13.9. The Kier molecular flexibility index (Phi) is 4.96. The highest BCUT2D eigenvalue weighted by Crippen LogP contribution is 2.14. The van der Waals surface area contributed by atoms with Gasteiger partial charge in [-0.25, -0.2) is 0 Å². The van der Waals surface area contributed by atoms with E-state index in [9.17, 15) is 0 Å². The van der Waals surface area contributed by atoms with Gasteiger partial charge in [0.25, 0.3) is 0 Å². The van der Waals surface area contributed by atoms with Crippen LogP contribution in [-0.2, 0) is 6.61 Å². The average molecular weight is 267 g/mol. The summed E-state index contributed by atoms with van der Waals surface area (Å²) in [5.41, 5.74) is 2.55. The summed E-state index contributed by atoms with van der Waals surface area (Å²) >= 11 is 0. The molecule has 0 unspecified atom stereocenters. The quantitative estimate of drug-likeness (QED) is 0.872. The number of ether oxygens (including phenoxy) is 1. The summed E-state index contributed by atoms with van der Waals surface area (Å²) in [5.74, 6) is 0.734. The minimum atomic E-state index is 0.410. The Morgan fingerprint density at radius 3 is 2.75 bits per heavy atom. The second kappa shape index (κ2) is 7.15. The second-order valence-electron chi connectivity index (χ2n) is 4.39. The molecule has 1 aromatic heterocycles. The smallest absolute Gasteiger partial charge is 0.130 e. The Morgan fingerprint density at radius 2 is 2.05 bits per heavy atom. The molecule has 0 radical (unpaired) electrons. The van der Waals surface area contributed by atoms with Crippen molar-refractivity contribution in [1.82, 2.24) is 4.98 Å². The van der Waals surface area contributed by atoms with Gasteiger partial charge in [-0.3, -0.25) is 4.98 Å². The van der Waals surface area contributed by atoms with Crippen molar-refractivity contribution >= 4 is 5.69 Å². The molecule has 1 aromatic carbocycles. The average Bonchev–Trinajstić information content (AvgIpc) is 2.52. The maximum Gasteiger partial charge on any atom is 0.130 e. The number of aromatic nitrogens is 1. The van der Waals surface area contributed by atoms with Crippen LogP contribution in [0, 0.1) is 11.3 Å². The fraction of sp³-hybridized carbons (Fsp3) is 0.250. The fourth-order valence-electron chi connectivity index (χ4n) is 1.72. The van der Waals surface area contributed by atoms with Crippen molar-refractivity contribution in [1.29, 1.82) is 5.26 Å². The number of nitrogens with one attached hydrogen (secondary N) is 1. The summed E-state index contributed by atoms with van der Waals surface area (Å²) in [6.45, 7) is 3.48. The number of nitrogens with zero attached hydrogens (tertiary/aromatic N) is 2. The van der Waals surface area contributed by atoms with E-state index in [-0.39, 0.29) is 0 Å². The van der Waals surface area contributed by atoms with E-state index in [0.29, 0.717) is 12.2 Å². The van der Waals surface area contributed by atoms with Crippen LogP contribution >= 0.6 is 0 Å². The zero-order valence-corrected chi connectivity index (χ0v) is 11.5. The maximum atomic E-state index is 8.73. The summed E-state index contributed by atoms with van der Waals surface area (Å²) in [6, 6.07) is 13.1. The van der Waals surface area contributed by atoms with E-state index in [1.54, 1.807) is 30.5 Å². The van der Waals surface area contributed by atoms with Gasteiger partial charge in [-0.2, -0.15) is 5.26 Å². The summed E-state index contributed by atoms with van der Waals surface area (Å²) in [6.07, 6.45) is 2.86. The number of pyridine rings is 1. The van der Waals surface area contributed by atoms with Gasteiger partial charge >= 0.3 is 0 Å². The first-order valence-corrected chi connectivity index (χ1v) is 6.63. The molecule has 0 amide bonds. The van der Waals surface area contributed by atoms with Gasteiger partial charge in [0.2, 0.25) is 0 Å². The van der Waals surface area contributed by atoms with Crippen molar-refractivity contribution < 1.29 is 4.74 Å². The Hall–Kier alpha value is -2.54. The number of rotatable bonds is 6. The molecular formula is C16H17N3O. The van der Waals surface area contributed by atoms with E-state index in [1.165, 1.54) is 0 Å². The Balaban J connectivity index is 1.94. The lowest BCUT2D eigenvalue weighted by Gasteiger charge is -2.08. The third kappa shape index (κ3) is 3.99. The van der Waals surface area contributed by atoms with Crippen molar-refractivity contribution in [2.24, 2.45) is 0 Å². The summed E-state index contributed by atoms with van der Waals surface area (Å²) in [5, 5.41) is 12.0. The van der Waals surface area contributed by atoms with Gasteiger partial charge in [-0.15, -0.1) is 0 Å². The van der Waals surface area contributed by atoms with Gasteiger partial charge < -0.3 is 10.1 Å². The lowest BCUT2D eigenvalue weighted by atomic mass is 10.2. The molecule has 4 heteroatoms. The predicted octanol–water partition coefficient (Wildman–Crippen LogP) is 3.35. The highest BCUT2D eigenvalue weighted by molar-refractivity contribution is 5.43. The number of nitriles is 1. The van der Waals surface area contributed by atoms with E-state index in [4.69, 9.17) is 10.00 Å². The normalized spacial score (nSPS) is 9.80. The molecule has 0 saturated heterocycles. The Bertz CT molecular complexity index is 587. The fourth-order valence-corrected chi connectivity index (χ4v) is 1.72. The highest BCUT2D eigenvalue weighted by Gasteiger charge is 1.99. The monoisotopic (exact) mass is 267 g/mol. The first-order chi connectivity index (χ1) is 9.81. The van der Waals surface area contributed by atoms with E-state index >= 15 is 0 Å². The van der Waals surface area contributed by atoms with Crippen LogP contribution in [0.15, 0.2) is 42.6 Å². The van der Waals surface area contributed by atoms with Gasteiger partial charge in [-0.05, 0) is 42.8 Å². The molecule has 2 rings (SSSR count). The van der Waals surface area contributed by atoms with Crippen LogP contribution < -0.4 is 10.1 Å². The zero-order chi connectivity index (χ0) is 14.2. The molecule has 0 aliphatic heterocycles. The third-order valence-electron chi connectivity index (χ3n) is 2.77. The molecule has 20 heavy (non-hydrogen) atoms. The minimum absolute atomic E-state index is 0.410. The minimum Gasteiger partial charge on any atom is -0.487 e. The maximum absolute atomic E-state index is 8.73. The number of benzene rings is 1. The van der Waals surface area contributed by atoms with Gasteiger partial charge in [0.05, 0.1) is 17.3 Å². The molecule has 0 bridgehead atoms. The molecule has 4 nitrogen and oxygen atoms in total. The molecule has 0 atom stereocenters. The van der Waals surface area contributed by atoms with E-state index in [2.05, 4.69) is 23.3 Å². The topological polar surface area (TPSA) is 57.9 Å². The van der Waals surface area contributed by atoms with Crippen molar-refractivity contribution in [3.05, 3.63) is 53.9 Å². The summed E-state index contributed by atoms with van der Waals surface area (Å²) in [4.78, 5) is 4.28. The lowest BCUT2D eigenvalue weighted by Crippen LogP contribution is -2.03. The summed E-state index contributed by atoms with van der Waals surface area (Å²) < 4.78 is 5.65. The molecule has 0 aliphatic rings. The van der Waals surface area contributed by atoms with Gasteiger partial charge in [0, 0.05) is 18.4 Å². The van der Waals surface area contributed by atoms with Crippen molar-refractivity contribution in [2.75, 3.05) is 11.9 Å². The van der Waals surface area contributed by atoms with Crippen molar-refractivity contribution in [3.8, 4) is 11.8 Å². The molecule has 1 heterocycles. The van der Waals surface area contributed by atoms with Crippen LogP contribution in [0.1, 0.15) is 24.6 Å². The molecular weight excluding hydrogens is 250 g/mol. The molecule has 2 aromatic rings. The predicted molar refractivity (Wildman–Crippen MR) is 78.5 cm³/mol. The lowest BCUT2D eigenvalue weighted by molar-refractivity contribution is 0.301. The van der Waals surface area contributed by atoms with E-state index in [1.807, 2.05) is 12.1 Å². The van der Waals surface area contributed by atoms with E-state index in [0.717, 1.165) is 30.1 Å². The molecule has 1 N–H and O–H groups in total. The van der Waals surface area contributed by atoms with Crippen LogP contribution in [0.3, 0.4) is 0 Å². The van der Waals surface area contributed by atoms with Crippen LogP contribution in [0.4, 0.5) is 5.69 Å². The largest absolute Gasteiger partial charge is 0.487 e. The van der Waals surface area contributed by atoms with Crippen LogP contribution in [-0.4, -0.2) is 11.5 Å². The molecule has 0 saturated carbocycles. The zero-order valence-electron chi connectivity index (χ0n) is 11.5. The van der Waals surface area contributed by atoms with Crippen LogP contribution in [0.25, 0.3) is 0 Å². The van der Waals surface area contributed by atoms with Crippen LogP contribution in [0.2, 0.25) is 0 Å². The highest BCUT2D eigenvalue weighted by atomic mass is 16.5. The molecule has 0 aliphatic carbocycles. The van der Waals surface area contributed by atoms with Crippen LogP contribution in [0.5, 0.6) is 5.75 Å². The molecule has 0 fully saturated rings. The van der Waals surface area contributed by atoms with Gasteiger partial charge in [-0.1, -0.05) is 6.92 Å². The summed E-state index contributed by atoms with van der Waals surface area (Å²) in [7, 11) is 0. The second-order valence-corrected chi connectivity index (χ2v) is 4.39. The Labute approximate surface area is 119 Å². The van der Waals surface area contributed by atoms with Crippen molar-refractivity contribution in [2.45, 2.75) is 20.0 Å². The SMILES string of the molecule is CCCNc1ccnc(COc2ccc(C#N)cc2)c1. The van der Waals surface area contributed by atoms with Crippen molar-refractivity contribution in [3.63, 3.8) is 0 Å². The molecule has 102 valence electrons. The van der Waals surface area contributed by atoms with Gasteiger partial charge in [0.1, 0.15) is 12.4 Å². The third-order valence-corrected chi connectivity index (χ3v) is 2.77. The van der Waals surface area contributed by atoms with Gasteiger partial charge in [0.15, 0.2) is 0 Å². The molecule has 0 spiro atoms. The standard InChI is InChI=1S/C16H17N3O/c1-2-8-18-14-7-9-19-15(10-14)12-20-16-5-3-13(11-17)4-6-16/h3-7,9-10H,2,8,12H2,1H3,(H,18,19). The number of anilines is 1. The Morgan fingerprint density at radius 1 is 1.25 bits per heavy atom. The first-order valence-electron chi connectivity index (χ1n) is 6.63. The number of hydrogen-bond donors (Lipinski definition) is 1. The van der Waals surface area contributed by atoms with E-state index < -0.39 is 0 Å². The number of hydrogen-bond acceptors (Lipinski definition) is 4.